The van der Waals surface area contributed by atoms with E-state index in [-0.39, 0.29) is 65.4 Å². The van der Waals surface area contributed by atoms with E-state index >= 15 is 0 Å². The maximum Gasteiger partial charge on any atom is 0.377 e. The van der Waals surface area contributed by atoms with Gasteiger partial charge in [-0.2, -0.15) is 0 Å². The molecule has 10 rings (SSSR count). The zero-order valence-corrected chi connectivity index (χ0v) is 48.1. The Balaban J connectivity index is 0.000000198. The summed E-state index contributed by atoms with van der Waals surface area (Å²) < 4.78 is 50.2. The van der Waals surface area contributed by atoms with E-state index in [2.05, 4.69) is 93.1 Å². The van der Waals surface area contributed by atoms with Gasteiger partial charge in [0.05, 0.1) is 12.1 Å². The van der Waals surface area contributed by atoms with E-state index in [9.17, 15) is 38.2 Å². The van der Waals surface area contributed by atoms with Gasteiger partial charge in [0, 0.05) is 30.3 Å². The van der Waals surface area contributed by atoms with Crippen LogP contribution in [0, 0.1) is 11.6 Å². The molecule has 6 aromatic rings. The van der Waals surface area contributed by atoms with Crippen molar-refractivity contribution in [1.82, 2.24) is 15.1 Å². The summed E-state index contributed by atoms with van der Waals surface area (Å²) in [7, 11) is 0. The van der Waals surface area contributed by atoms with Gasteiger partial charge in [-0.25, -0.2) is 13.6 Å². The van der Waals surface area contributed by atoms with Gasteiger partial charge in [-0.15, -0.1) is 0 Å². The van der Waals surface area contributed by atoms with E-state index in [1.165, 1.54) is 42.2 Å². The first-order valence-electron chi connectivity index (χ1n) is 28.3. The Morgan fingerprint density at radius 1 is 0.536 bits per heavy atom. The molecule has 15 nitrogen and oxygen atoms in total. The van der Waals surface area contributed by atoms with Crippen LogP contribution >= 0.6 is 0 Å². The number of amides is 1. The van der Waals surface area contributed by atoms with Gasteiger partial charge >= 0.3 is 5.97 Å². The summed E-state index contributed by atoms with van der Waals surface area (Å²) in [4.78, 5) is 52.6. The highest BCUT2D eigenvalue weighted by Crippen LogP contribution is 2.38. The second kappa shape index (κ2) is 28.4. The number of carboxylic acid groups (broad SMARTS) is 1. The summed E-state index contributed by atoms with van der Waals surface area (Å²) in [6.07, 6.45) is 2.18. The summed E-state index contributed by atoms with van der Waals surface area (Å²) in [5, 5.41) is 33.1. The number of carbonyl (C=O) groups excluding carboxylic acids is 3. The van der Waals surface area contributed by atoms with E-state index in [4.69, 9.17) is 29.8 Å². The maximum absolute atomic E-state index is 14.7. The number of nitrogens with one attached hydrogen (secondary N) is 1. The summed E-state index contributed by atoms with van der Waals surface area (Å²) in [6.45, 7) is 18.8. The lowest BCUT2D eigenvalue weighted by molar-refractivity contribution is -0.131. The van der Waals surface area contributed by atoms with Crippen molar-refractivity contribution >= 4 is 23.4 Å². The molecule has 0 radical (unpaired) electrons. The van der Waals surface area contributed by atoms with Crippen LogP contribution in [-0.4, -0.2) is 126 Å². The molecule has 448 valence electrons. The van der Waals surface area contributed by atoms with Crippen LogP contribution in [0.2, 0.25) is 0 Å². The largest absolute Gasteiger partial charge is 0.486 e. The van der Waals surface area contributed by atoms with E-state index in [1.54, 1.807) is 42.5 Å². The lowest BCUT2D eigenvalue weighted by Gasteiger charge is -2.29. The average Bonchev–Trinajstić information content (AvgIpc) is 3.61. The van der Waals surface area contributed by atoms with Crippen molar-refractivity contribution in [3.05, 3.63) is 166 Å². The van der Waals surface area contributed by atoms with E-state index < -0.39 is 59.4 Å². The minimum absolute atomic E-state index is 0. The normalized spacial score (nSPS) is 16.3. The van der Waals surface area contributed by atoms with Gasteiger partial charge in [-0.1, -0.05) is 146 Å². The van der Waals surface area contributed by atoms with Crippen LogP contribution in [0.5, 0.6) is 23.0 Å². The second-order valence-electron chi connectivity index (χ2n) is 23.5. The monoisotopic (exact) mass is 1150 g/mol. The Bertz CT molecular complexity index is 3200. The van der Waals surface area contributed by atoms with Crippen LogP contribution in [0.3, 0.4) is 0 Å². The predicted octanol–water partition coefficient (Wildman–Crippen LogP) is 10.7. The lowest BCUT2D eigenvalue weighted by atomic mass is 9.86. The van der Waals surface area contributed by atoms with Crippen molar-refractivity contribution < 1.29 is 62.2 Å². The number of nitrogens with two attached hydrogens (primary N) is 1. The number of hydrogen-bond acceptors (Lipinski definition) is 13. The number of aliphatic carboxylic acids is 1. The molecule has 2 fully saturated rings. The number of nitrogens with zero attached hydrogens (tertiary/aromatic N) is 2. The van der Waals surface area contributed by atoms with E-state index in [0.29, 0.717) is 37.6 Å². The number of ether oxygens (including phenoxy) is 4. The van der Waals surface area contributed by atoms with Crippen LogP contribution in [0.1, 0.15) is 130 Å². The predicted molar refractivity (Wildman–Crippen MR) is 320 cm³/mol. The number of likely N-dealkylation sites (tertiary alicyclic amines) is 2. The van der Waals surface area contributed by atoms with Gasteiger partial charge in [0.1, 0.15) is 32.5 Å². The average molecular weight is 1160 g/mol. The fraction of sp³-hybridized carbons (Fsp3) is 0.403. The third-order valence-electron chi connectivity index (χ3n) is 15.2. The fourth-order valence-corrected chi connectivity index (χ4v) is 10.4. The highest BCUT2D eigenvalue weighted by Gasteiger charge is 2.32. The number of rotatable bonds is 15. The smallest absolute Gasteiger partial charge is 0.377 e. The minimum Gasteiger partial charge on any atom is -0.486 e. The number of carbonyl (C=O) groups is 4. The van der Waals surface area contributed by atoms with Gasteiger partial charge in [0.25, 0.3) is 11.7 Å². The van der Waals surface area contributed by atoms with Crippen molar-refractivity contribution in [3.63, 3.8) is 0 Å². The number of halogens is 2. The Hall–Kier alpha value is -7.54. The van der Waals surface area contributed by atoms with Crippen LogP contribution < -0.4 is 30.0 Å². The van der Waals surface area contributed by atoms with Crippen LogP contribution in [0.25, 0.3) is 22.3 Å². The third-order valence-corrected chi connectivity index (χ3v) is 15.2. The quantitative estimate of drug-likeness (QED) is 0.0479. The summed E-state index contributed by atoms with van der Waals surface area (Å²) in [6, 6.07) is 34.4. The molecule has 17 heteroatoms. The SMILES string of the molecule is C.CC(C)(C)c1ccc(-c2ccc(C(=O)C(=O)N[C@H](CN3CCCC3)[C@H](O)c3cc(F)c4c(c3)OCCO4)cc2)cc1.CC(C)(C)c1ccc(-c2ccc(C(=O)C(=O)O)cc2)cc1.N[C@H](CN1CCCC1)[C@H](O)c1cc(F)c2c(c1)OCCO2. The number of carboxylic acids is 1. The number of fused-ring (bicyclic) bond motifs is 2. The van der Waals surface area contributed by atoms with E-state index in [0.717, 1.165) is 61.3 Å². The minimum atomic E-state index is -1.43. The van der Waals surface area contributed by atoms with Crippen molar-refractivity contribution in [2.45, 2.75) is 110 Å². The molecule has 4 aliphatic heterocycles. The zero-order chi connectivity index (χ0) is 59.6. The molecule has 0 spiro atoms. The molecule has 4 atom stereocenters. The van der Waals surface area contributed by atoms with Gasteiger partial charge in [0.15, 0.2) is 34.6 Å². The maximum atomic E-state index is 14.7. The molecular weight excluding hydrogens is 1070 g/mol. The highest BCUT2D eigenvalue weighted by atomic mass is 19.1. The molecule has 2 saturated heterocycles. The summed E-state index contributed by atoms with van der Waals surface area (Å²) >= 11 is 0. The van der Waals surface area contributed by atoms with Gasteiger partial charge in [-0.05, 0) is 131 Å². The molecule has 0 aliphatic carbocycles. The van der Waals surface area contributed by atoms with Gasteiger partial charge in [-0.3, -0.25) is 14.4 Å². The highest BCUT2D eigenvalue weighted by molar-refractivity contribution is 6.43. The second-order valence-corrected chi connectivity index (χ2v) is 23.5. The van der Waals surface area contributed by atoms with Gasteiger partial charge < -0.3 is 55.1 Å². The number of aliphatic hydroxyl groups is 2. The Labute approximate surface area is 491 Å². The molecule has 0 unspecified atom stereocenters. The number of aliphatic hydroxyl groups excluding tert-OH is 2. The number of ketones is 2. The van der Waals surface area contributed by atoms with Gasteiger partial charge in [0.2, 0.25) is 5.78 Å². The Morgan fingerprint density at radius 3 is 1.29 bits per heavy atom. The number of benzene rings is 6. The standard InChI is InChI=1S/C33H37FN2O5.C18H18O3.C15H21FN2O3.CH4/c1-33(2,3)25-12-10-22(11-13-25)21-6-8-23(9-7-21)30(38)32(39)35-27(20-36-14-4-5-15-36)29(37)24-18-26(34)31-28(19-24)40-16-17-41-31;1-18(2,3)15-10-8-13(9-11-15)12-4-6-14(7-5-12)16(19)17(20)21;16-11-7-10(8-13-15(11)21-6-5-20-13)14(19)12(17)9-18-3-1-2-4-18;/h6-13,18-19,27,29,37H,4-5,14-17,20H2,1-3H3,(H,35,39);4-11H,1-3H3,(H,20,21);7-8,12,14,19H,1-6,9,17H2;1H4/t27-,29-;;12-,14-;/m1.1./s1. The molecule has 6 aromatic carbocycles. The molecule has 0 aromatic heterocycles. The molecule has 4 aliphatic rings. The molecule has 4 heterocycles. The molecule has 84 heavy (non-hydrogen) atoms. The first-order chi connectivity index (χ1) is 39.5. The van der Waals surface area contributed by atoms with Crippen molar-refractivity contribution in [3.8, 4) is 45.3 Å². The zero-order valence-electron chi connectivity index (χ0n) is 48.1. The van der Waals surface area contributed by atoms with Crippen molar-refractivity contribution in [1.29, 1.82) is 0 Å². The molecular formula is C67H80F2N4O11. The third kappa shape index (κ3) is 16.4. The number of Topliss-reactive ketones (excluding diaryl/α,β-unsaturated/α-hetero) is 2. The Kier molecular flexibility index (Phi) is 21.6. The van der Waals surface area contributed by atoms with Crippen molar-refractivity contribution in [2.24, 2.45) is 5.73 Å². The lowest BCUT2D eigenvalue weighted by Crippen LogP contribution is -2.48. The summed E-state index contributed by atoms with van der Waals surface area (Å²) in [5.74, 6) is -4.34. The topological polar surface area (TPSA) is 210 Å². The molecule has 1 amide bonds. The van der Waals surface area contributed by atoms with Crippen LogP contribution in [0.15, 0.2) is 121 Å². The molecule has 6 N–H and O–H groups in total. The molecule has 0 saturated carbocycles. The van der Waals surface area contributed by atoms with Crippen molar-refractivity contribution in [2.75, 3.05) is 65.7 Å². The fourth-order valence-electron chi connectivity index (χ4n) is 10.4. The first kappa shape index (κ1) is 64.0. The van der Waals surface area contributed by atoms with E-state index in [1.807, 2.05) is 24.3 Å². The van der Waals surface area contributed by atoms with Crippen LogP contribution in [-0.2, 0) is 20.4 Å². The summed E-state index contributed by atoms with van der Waals surface area (Å²) in [5.41, 5.74) is 13.8. The molecule has 0 bridgehead atoms. The number of hydrogen-bond donors (Lipinski definition) is 5. The van der Waals surface area contributed by atoms with Crippen LogP contribution in [0.4, 0.5) is 8.78 Å². The Morgan fingerprint density at radius 2 is 0.893 bits per heavy atom. The first-order valence-corrected chi connectivity index (χ1v) is 28.3.